The number of nitrogens with zero attached hydrogens (tertiary/aromatic N) is 4. The molecule has 0 radical (unpaired) electrons. The lowest BCUT2D eigenvalue weighted by Crippen LogP contribution is -2.24. The number of thiophene rings is 1. The van der Waals surface area contributed by atoms with Gasteiger partial charge in [0.25, 0.3) is 0 Å². The van der Waals surface area contributed by atoms with Gasteiger partial charge in [-0.1, -0.05) is 6.07 Å². The van der Waals surface area contributed by atoms with Crippen LogP contribution >= 0.6 is 11.3 Å². The molecule has 106 valence electrons. The van der Waals surface area contributed by atoms with Crippen molar-refractivity contribution in [2.45, 2.75) is 13.0 Å². The number of anilines is 2. The van der Waals surface area contributed by atoms with Gasteiger partial charge in [-0.25, -0.2) is 10.8 Å². The van der Waals surface area contributed by atoms with Crippen LogP contribution < -0.4 is 16.2 Å². The van der Waals surface area contributed by atoms with Crippen LogP contribution in [0.2, 0.25) is 0 Å². The SMILES string of the molecule is CC(c1cccs1)N(C)c1nc(NN)ncc1[N+](=O)[O-]. The number of nitrogen functional groups attached to an aromatic ring is 1. The number of nitrogens with one attached hydrogen (secondary N) is 1. The van der Waals surface area contributed by atoms with Crippen molar-refractivity contribution in [2.24, 2.45) is 5.84 Å². The van der Waals surface area contributed by atoms with Crippen molar-refractivity contribution in [3.8, 4) is 0 Å². The zero-order valence-electron chi connectivity index (χ0n) is 11.0. The van der Waals surface area contributed by atoms with Gasteiger partial charge in [0.1, 0.15) is 6.20 Å². The molecule has 20 heavy (non-hydrogen) atoms. The average Bonchev–Trinajstić information content (AvgIpc) is 2.99. The Balaban J connectivity index is 2.41. The Morgan fingerprint density at radius 3 is 2.90 bits per heavy atom. The highest BCUT2D eigenvalue weighted by Crippen LogP contribution is 2.32. The van der Waals surface area contributed by atoms with Crippen LogP contribution in [0.25, 0.3) is 0 Å². The van der Waals surface area contributed by atoms with Gasteiger partial charge in [-0.15, -0.1) is 11.3 Å². The third kappa shape index (κ3) is 2.68. The molecular weight excluding hydrogens is 280 g/mol. The van der Waals surface area contributed by atoms with Crippen molar-refractivity contribution < 1.29 is 4.92 Å². The summed E-state index contributed by atoms with van der Waals surface area (Å²) in [4.78, 5) is 21.2. The molecule has 1 unspecified atom stereocenters. The summed E-state index contributed by atoms with van der Waals surface area (Å²) in [5.74, 6) is 5.61. The maximum absolute atomic E-state index is 11.1. The number of nitro groups is 1. The largest absolute Gasteiger partial charge is 0.346 e. The van der Waals surface area contributed by atoms with Crippen LogP contribution in [0.5, 0.6) is 0 Å². The Labute approximate surface area is 119 Å². The molecule has 8 nitrogen and oxygen atoms in total. The van der Waals surface area contributed by atoms with Crippen molar-refractivity contribution in [1.29, 1.82) is 0 Å². The topological polar surface area (TPSA) is 110 Å². The summed E-state index contributed by atoms with van der Waals surface area (Å²) >= 11 is 1.58. The first-order valence-corrected chi connectivity index (χ1v) is 6.66. The van der Waals surface area contributed by atoms with Crippen molar-refractivity contribution in [2.75, 3.05) is 17.4 Å². The molecule has 0 fully saturated rings. The molecule has 0 saturated heterocycles. The Morgan fingerprint density at radius 1 is 1.60 bits per heavy atom. The Morgan fingerprint density at radius 2 is 2.35 bits per heavy atom. The van der Waals surface area contributed by atoms with Gasteiger partial charge < -0.3 is 4.90 Å². The van der Waals surface area contributed by atoms with Gasteiger partial charge in [0.2, 0.25) is 11.8 Å². The molecule has 3 N–H and O–H groups in total. The molecule has 2 aromatic heterocycles. The van der Waals surface area contributed by atoms with Crippen molar-refractivity contribution in [3.63, 3.8) is 0 Å². The molecular formula is C11H14N6O2S. The third-order valence-corrected chi connectivity index (χ3v) is 3.99. The lowest BCUT2D eigenvalue weighted by atomic mass is 10.2. The summed E-state index contributed by atoms with van der Waals surface area (Å²) in [5.41, 5.74) is 2.14. The van der Waals surface area contributed by atoms with E-state index < -0.39 is 4.92 Å². The number of aromatic nitrogens is 2. The molecule has 0 spiro atoms. The van der Waals surface area contributed by atoms with E-state index in [2.05, 4.69) is 15.4 Å². The predicted octanol–water partition coefficient (Wildman–Crippen LogP) is 1.93. The molecule has 0 aromatic carbocycles. The number of hydrogen-bond donors (Lipinski definition) is 2. The van der Waals surface area contributed by atoms with Gasteiger partial charge in [-0.2, -0.15) is 4.98 Å². The first kappa shape index (κ1) is 14.2. The molecule has 9 heteroatoms. The van der Waals surface area contributed by atoms with Crippen molar-refractivity contribution >= 4 is 28.8 Å². The van der Waals surface area contributed by atoms with E-state index in [0.29, 0.717) is 0 Å². The monoisotopic (exact) mass is 294 g/mol. The fourth-order valence-electron chi connectivity index (χ4n) is 1.73. The van der Waals surface area contributed by atoms with Gasteiger partial charge in [-0.05, 0) is 18.4 Å². The molecule has 2 rings (SSSR count). The normalized spacial score (nSPS) is 11.9. The quantitative estimate of drug-likeness (QED) is 0.492. The highest BCUT2D eigenvalue weighted by atomic mass is 32.1. The molecule has 2 aromatic rings. The van der Waals surface area contributed by atoms with Gasteiger partial charge in [-0.3, -0.25) is 15.5 Å². The maximum Gasteiger partial charge on any atom is 0.329 e. The summed E-state index contributed by atoms with van der Waals surface area (Å²) in [6.45, 7) is 1.95. The van der Waals surface area contributed by atoms with E-state index >= 15 is 0 Å². The number of hydrogen-bond acceptors (Lipinski definition) is 8. The molecule has 0 bridgehead atoms. The minimum Gasteiger partial charge on any atom is -0.346 e. The molecule has 0 saturated carbocycles. The van der Waals surface area contributed by atoms with Gasteiger partial charge in [0.15, 0.2) is 0 Å². The van der Waals surface area contributed by atoms with Gasteiger partial charge in [0, 0.05) is 11.9 Å². The Bertz CT molecular complexity index is 603. The van der Waals surface area contributed by atoms with Crippen molar-refractivity contribution in [3.05, 3.63) is 38.7 Å². The molecule has 2 heterocycles. The van der Waals surface area contributed by atoms with E-state index in [1.165, 1.54) is 0 Å². The van der Waals surface area contributed by atoms with Crippen LogP contribution in [0.3, 0.4) is 0 Å². The van der Waals surface area contributed by atoms with Crippen LogP contribution in [-0.2, 0) is 0 Å². The minimum atomic E-state index is -0.507. The first-order chi connectivity index (χ1) is 9.54. The van der Waals surface area contributed by atoms with Crippen LogP contribution in [0.15, 0.2) is 23.7 Å². The van der Waals surface area contributed by atoms with E-state index in [-0.39, 0.29) is 23.5 Å². The zero-order valence-corrected chi connectivity index (χ0v) is 11.8. The van der Waals surface area contributed by atoms with E-state index in [1.54, 1.807) is 23.3 Å². The molecule has 0 aliphatic carbocycles. The molecule has 0 amide bonds. The Kier molecular flexibility index (Phi) is 4.11. The van der Waals surface area contributed by atoms with Crippen molar-refractivity contribution in [1.82, 2.24) is 9.97 Å². The predicted molar refractivity (Wildman–Crippen MR) is 77.6 cm³/mol. The van der Waals surface area contributed by atoms with Crippen LogP contribution in [0, 0.1) is 10.1 Å². The van der Waals surface area contributed by atoms with E-state index in [4.69, 9.17) is 5.84 Å². The summed E-state index contributed by atoms with van der Waals surface area (Å²) in [6, 6.07) is 3.86. The fraction of sp³-hybridized carbons (Fsp3) is 0.273. The van der Waals surface area contributed by atoms with Gasteiger partial charge >= 0.3 is 5.69 Å². The fourth-order valence-corrected chi connectivity index (χ4v) is 2.55. The zero-order chi connectivity index (χ0) is 14.7. The summed E-state index contributed by atoms with van der Waals surface area (Å²) in [5, 5.41) is 13.0. The third-order valence-electron chi connectivity index (χ3n) is 2.95. The van der Waals surface area contributed by atoms with Crippen LogP contribution in [0.4, 0.5) is 17.5 Å². The second-order valence-electron chi connectivity index (χ2n) is 4.11. The smallest absolute Gasteiger partial charge is 0.329 e. The summed E-state index contributed by atoms with van der Waals surface area (Å²) < 4.78 is 0. The first-order valence-electron chi connectivity index (χ1n) is 5.79. The van der Waals surface area contributed by atoms with Crippen LogP contribution in [-0.4, -0.2) is 21.9 Å². The molecule has 0 aliphatic heterocycles. The lowest BCUT2D eigenvalue weighted by molar-refractivity contribution is -0.384. The van der Waals surface area contributed by atoms with E-state index in [9.17, 15) is 10.1 Å². The Hall–Kier alpha value is -2.26. The number of rotatable bonds is 5. The standard InChI is InChI=1S/C11H14N6O2S/c1-7(9-4-3-5-20-9)16(2)10-8(17(18)19)6-13-11(14-10)15-12/h3-7H,12H2,1-2H3,(H,13,14,15). The lowest BCUT2D eigenvalue weighted by Gasteiger charge is -2.24. The second kappa shape index (κ2) is 5.80. The number of hydrazine groups is 1. The van der Waals surface area contributed by atoms with E-state index in [0.717, 1.165) is 11.1 Å². The average molecular weight is 294 g/mol. The number of nitrogens with two attached hydrogens (primary N) is 1. The molecule has 1 atom stereocenters. The van der Waals surface area contributed by atoms with Gasteiger partial charge in [0.05, 0.1) is 11.0 Å². The van der Waals surface area contributed by atoms with E-state index in [1.807, 2.05) is 24.4 Å². The second-order valence-corrected chi connectivity index (χ2v) is 5.09. The maximum atomic E-state index is 11.1. The van der Waals surface area contributed by atoms with Crippen LogP contribution in [0.1, 0.15) is 17.8 Å². The summed E-state index contributed by atoms with van der Waals surface area (Å²) in [7, 11) is 1.75. The highest BCUT2D eigenvalue weighted by molar-refractivity contribution is 7.10. The summed E-state index contributed by atoms with van der Waals surface area (Å²) in [6.07, 6.45) is 1.15. The highest BCUT2D eigenvalue weighted by Gasteiger charge is 2.24. The minimum absolute atomic E-state index is 0.0470. The molecule has 0 aliphatic rings.